The Morgan fingerprint density at radius 3 is 2.19 bits per heavy atom. The van der Waals surface area contributed by atoms with Crippen LogP contribution in [0.5, 0.6) is 5.75 Å². The number of para-hydroxylation sites is 1. The Labute approximate surface area is 190 Å². The Balaban J connectivity index is 1.71. The molecule has 0 aliphatic carbocycles. The number of carbonyl (C=O) groups excluding carboxylic acids is 1. The third-order valence-electron chi connectivity index (χ3n) is 4.95. The monoisotopic (exact) mass is 427 g/mol. The first kappa shape index (κ1) is 23.1. The van der Waals surface area contributed by atoms with Gasteiger partial charge in [0.1, 0.15) is 18.0 Å². The predicted molar refractivity (Wildman–Crippen MR) is 126 cm³/mol. The van der Waals surface area contributed by atoms with Gasteiger partial charge in [-0.25, -0.2) is 4.79 Å². The van der Waals surface area contributed by atoms with Crippen molar-refractivity contribution in [2.75, 3.05) is 0 Å². The van der Waals surface area contributed by atoms with Crippen LogP contribution >= 0.6 is 0 Å². The lowest BCUT2D eigenvalue weighted by molar-refractivity contribution is 0.00695. The average Bonchev–Trinajstić information content (AvgIpc) is 2.77. The van der Waals surface area contributed by atoms with Gasteiger partial charge in [-0.2, -0.15) is 5.26 Å². The Morgan fingerprint density at radius 2 is 1.53 bits per heavy atom. The standard InChI is InChI=1S/C28H29NO3/c1-28(2,3)32-27(30)25-16-13-22(14-17-25)20-31-26-23(10-7-11-24(26)18-19-29)15-12-21-8-5-4-6-9-21/h4-11,13-14,16-17H,12,15,18,20H2,1-3H3. The quantitative estimate of drug-likeness (QED) is 0.409. The molecular weight excluding hydrogens is 398 g/mol. The molecule has 32 heavy (non-hydrogen) atoms. The Bertz CT molecular complexity index is 1070. The summed E-state index contributed by atoms with van der Waals surface area (Å²) >= 11 is 0. The molecule has 0 radical (unpaired) electrons. The van der Waals surface area contributed by atoms with E-state index in [1.807, 2.05) is 63.2 Å². The highest BCUT2D eigenvalue weighted by atomic mass is 16.6. The molecule has 0 bridgehead atoms. The maximum Gasteiger partial charge on any atom is 0.338 e. The summed E-state index contributed by atoms with van der Waals surface area (Å²) in [7, 11) is 0. The van der Waals surface area contributed by atoms with E-state index in [0.29, 0.717) is 18.6 Å². The number of nitrogens with zero attached hydrogens (tertiary/aromatic N) is 1. The van der Waals surface area contributed by atoms with E-state index in [9.17, 15) is 10.1 Å². The van der Waals surface area contributed by atoms with E-state index in [-0.39, 0.29) is 5.97 Å². The van der Waals surface area contributed by atoms with Gasteiger partial charge in [0.2, 0.25) is 0 Å². The number of esters is 1. The van der Waals surface area contributed by atoms with Gasteiger partial charge in [0.05, 0.1) is 18.1 Å². The van der Waals surface area contributed by atoms with Gasteiger partial charge in [-0.15, -0.1) is 0 Å². The fraction of sp³-hybridized carbons (Fsp3) is 0.286. The third-order valence-corrected chi connectivity index (χ3v) is 4.95. The van der Waals surface area contributed by atoms with Crippen LogP contribution in [0.2, 0.25) is 0 Å². The SMILES string of the molecule is CC(C)(C)OC(=O)c1ccc(COc2c(CC#N)cccc2CCc2ccccc2)cc1. The number of hydrogen-bond donors (Lipinski definition) is 0. The first-order chi connectivity index (χ1) is 15.4. The van der Waals surface area contributed by atoms with Gasteiger partial charge in [0.25, 0.3) is 0 Å². The summed E-state index contributed by atoms with van der Waals surface area (Å²) in [5.74, 6) is 0.439. The molecule has 0 amide bonds. The highest BCUT2D eigenvalue weighted by molar-refractivity contribution is 5.89. The van der Waals surface area contributed by atoms with Gasteiger partial charge in [0, 0.05) is 5.56 Å². The summed E-state index contributed by atoms with van der Waals surface area (Å²) in [5, 5.41) is 9.24. The third kappa shape index (κ3) is 6.72. The summed E-state index contributed by atoms with van der Waals surface area (Å²) in [6, 6.07) is 25.8. The lowest BCUT2D eigenvalue weighted by atomic mass is 10.00. The zero-order valence-corrected chi connectivity index (χ0v) is 18.9. The van der Waals surface area contributed by atoms with Gasteiger partial charge in [-0.3, -0.25) is 0 Å². The van der Waals surface area contributed by atoms with Crippen molar-refractivity contribution in [3.63, 3.8) is 0 Å². The molecule has 164 valence electrons. The minimum Gasteiger partial charge on any atom is -0.488 e. The number of aryl methyl sites for hydroxylation is 2. The topological polar surface area (TPSA) is 59.3 Å². The van der Waals surface area contributed by atoms with Crippen LogP contribution in [-0.2, 0) is 30.6 Å². The molecule has 3 aromatic rings. The Hall–Kier alpha value is -3.58. The minimum atomic E-state index is -0.528. The number of ether oxygens (including phenoxy) is 2. The molecule has 3 aromatic carbocycles. The molecule has 0 heterocycles. The van der Waals surface area contributed by atoms with E-state index in [1.54, 1.807) is 12.1 Å². The normalized spacial score (nSPS) is 10.9. The van der Waals surface area contributed by atoms with Crippen molar-refractivity contribution in [3.05, 3.63) is 101 Å². The maximum absolute atomic E-state index is 12.2. The second kappa shape index (κ2) is 10.6. The summed E-state index contributed by atoms with van der Waals surface area (Å²) in [5.41, 5.74) is 4.17. The van der Waals surface area contributed by atoms with Gasteiger partial charge >= 0.3 is 5.97 Å². The van der Waals surface area contributed by atoms with Crippen LogP contribution in [0, 0.1) is 11.3 Å². The average molecular weight is 428 g/mol. The molecule has 3 rings (SSSR count). The Kier molecular flexibility index (Phi) is 7.68. The molecule has 0 aliphatic heterocycles. The molecule has 4 heteroatoms. The summed E-state index contributed by atoms with van der Waals surface area (Å²) < 4.78 is 11.6. The molecule has 0 saturated carbocycles. The van der Waals surface area contributed by atoms with Crippen molar-refractivity contribution in [2.45, 2.75) is 52.2 Å². The van der Waals surface area contributed by atoms with Crippen LogP contribution in [0.1, 0.15) is 53.4 Å². The smallest absolute Gasteiger partial charge is 0.338 e. The second-order valence-corrected chi connectivity index (χ2v) is 8.71. The van der Waals surface area contributed by atoms with Crippen LogP contribution in [0.4, 0.5) is 0 Å². The maximum atomic E-state index is 12.2. The van der Waals surface area contributed by atoms with E-state index < -0.39 is 5.60 Å². The van der Waals surface area contributed by atoms with E-state index in [0.717, 1.165) is 35.3 Å². The van der Waals surface area contributed by atoms with Crippen molar-refractivity contribution >= 4 is 5.97 Å². The highest BCUT2D eigenvalue weighted by Crippen LogP contribution is 2.27. The first-order valence-electron chi connectivity index (χ1n) is 10.8. The zero-order valence-electron chi connectivity index (χ0n) is 18.9. The summed E-state index contributed by atoms with van der Waals surface area (Å²) in [6.07, 6.45) is 2.03. The summed E-state index contributed by atoms with van der Waals surface area (Å²) in [6.45, 7) is 5.90. The molecule has 0 saturated heterocycles. The highest BCUT2D eigenvalue weighted by Gasteiger charge is 2.18. The van der Waals surface area contributed by atoms with Crippen LogP contribution in [-0.4, -0.2) is 11.6 Å². The van der Waals surface area contributed by atoms with Crippen molar-refractivity contribution in [1.82, 2.24) is 0 Å². The molecular formula is C28H29NO3. The molecule has 0 aromatic heterocycles. The van der Waals surface area contributed by atoms with E-state index in [1.165, 1.54) is 5.56 Å². The number of carbonyl (C=O) groups is 1. The van der Waals surface area contributed by atoms with Gasteiger partial charge in [0.15, 0.2) is 0 Å². The molecule has 0 N–H and O–H groups in total. The summed E-state index contributed by atoms with van der Waals surface area (Å²) in [4.78, 5) is 12.2. The van der Waals surface area contributed by atoms with Crippen molar-refractivity contribution < 1.29 is 14.3 Å². The minimum absolute atomic E-state index is 0.298. The number of nitriles is 1. The van der Waals surface area contributed by atoms with Crippen molar-refractivity contribution in [3.8, 4) is 11.8 Å². The lowest BCUT2D eigenvalue weighted by Crippen LogP contribution is -2.23. The van der Waals surface area contributed by atoms with Crippen LogP contribution in [0.3, 0.4) is 0 Å². The molecule has 0 aliphatic rings. The van der Waals surface area contributed by atoms with Crippen LogP contribution in [0.25, 0.3) is 0 Å². The molecule has 4 nitrogen and oxygen atoms in total. The lowest BCUT2D eigenvalue weighted by Gasteiger charge is -2.19. The number of hydrogen-bond acceptors (Lipinski definition) is 4. The van der Waals surface area contributed by atoms with E-state index in [4.69, 9.17) is 9.47 Å². The van der Waals surface area contributed by atoms with Crippen molar-refractivity contribution in [1.29, 1.82) is 5.26 Å². The molecule has 0 spiro atoms. The van der Waals surface area contributed by atoms with E-state index in [2.05, 4.69) is 24.3 Å². The second-order valence-electron chi connectivity index (χ2n) is 8.71. The fourth-order valence-electron chi connectivity index (χ4n) is 3.40. The van der Waals surface area contributed by atoms with E-state index >= 15 is 0 Å². The van der Waals surface area contributed by atoms with Crippen LogP contribution < -0.4 is 4.74 Å². The van der Waals surface area contributed by atoms with Gasteiger partial charge in [-0.05, 0) is 62.4 Å². The largest absolute Gasteiger partial charge is 0.488 e. The number of rotatable bonds is 8. The van der Waals surface area contributed by atoms with Gasteiger partial charge < -0.3 is 9.47 Å². The van der Waals surface area contributed by atoms with Crippen LogP contribution in [0.15, 0.2) is 72.8 Å². The Morgan fingerprint density at radius 1 is 0.844 bits per heavy atom. The molecule has 0 unspecified atom stereocenters. The number of benzene rings is 3. The first-order valence-corrected chi connectivity index (χ1v) is 10.8. The van der Waals surface area contributed by atoms with Gasteiger partial charge in [-0.1, -0.05) is 60.7 Å². The predicted octanol–water partition coefficient (Wildman–Crippen LogP) is 6.07. The van der Waals surface area contributed by atoms with Crippen molar-refractivity contribution in [2.24, 2.45) is 0 Å². The molecule has 0 atom stereocenters. The zero-order chi connectivity index (χ0) is 23.0. The fourth-order valence-corrected chi connectivity index (χ4v) is 3.40. The molecule has 0 fully saturated rings.